The first kappa shape index (κ1) is 20.1. The molecule has 1 amide bonds. The van der Waals surface area contributed by atoms with E-state index < -0.39 is 5.41 Å². The second-order valence-corrected chi connectivity index (χ2v) is 7.95. The number of carbonyl (C=O) groups excluding carboxylic acids is 1. The average molecular weight is 406 g/mol. The maximum Gasteiger partial charge on any atom is 0.248 e. The van der Waals surface area contributed by atoms with Gasteiger partial charge in [0.25, 0.3) is 0 Å². The molecule has 156 valence electrons. The Balaban J connectivity index is 1.48. The van der Waals surface area contributed by atoms with Crippen LogP contribution in [0.1, 0.15) is 20.3 Å². The molecular formula is C22H26N6O2. The molecule has 2 aliphatic rings. The zero-order chi connectivity index (χ0) is 21.1. The van der Waals surface area contributed by atoms with Gasteiger partial charge in [-0.15, -0.1) is 0 Å². The molecule has 0 aliphatic carbocycles. The molecule has 0 bridgehead atoms. The van der Waals surface area contributed by atoms with Gasteiger partial charge in [0, 0.05) is 37.2 Å². The van der Waals surface area contributed by atoms with E-state index in [1.165, 1.54) is 0 Å². The van der Waals surface area contributed by atoms with Crippen LogP contribution in [0.15, 0.2) is 36.5 Å². The second kappa shape index (κ2) is 8.28. The number of rotatable bonds is 5. The third-order valence-electron chi connectivity index (χ3n) is 5.96. The molecular weight excluding hydrogens is 380 g/mol. The van der Waals surface area contributed by atoms with Crippen LogP contribution in [0.2, 0.25) is 0 Å². The Morgan fingerprint density at radius 3 is 2.53 bits per heavy atom. The number of nitriles is 1. The molecule has 30 heavy (non-hydrogen) atoms. The SMILES string of the molecule is CC(C)[C@@]1(C#N)CCN(c2ccnc(Nc3ccc(N4CCOCC4)cc3)n2)C1=O. The smallest absolute Gasteiger partial charge is 0.248 e. The zero-order valence-electron chi connectivity index (χ0n) is 17.3. The van der Waals surface area contributed by atoms with E-state index in [2.05, 4.69) is 38.4 Å². The molecule has 1 N–H and O–H groups in total. The third-order valence-corrected chi connectivity index (χ3v) is 5.96. The quantitative estimate of drug-likeness (QED) is 0.816. The van der Waals surface area contributed by atoms with Crippen LogP contribution in [0.5, 0.6) is 0 Å². The lowest BCUT2D eigenvalue weighted by Crippen LogP contribution is -2.37. The van der Waals surface area contributed by atoms with E-state index in [1.54, 1.807) is 17.2 Å². The van der Waals surface area contributed by atoms with Crippen molar-refractivity contribution in [2.24, 2.45) is 11.3 Å². The van der Waals surface area contributed by atoms with Gasteiger partial charge < -0.3 is 15.0 Å². The molecule has 2 fully saturated rings. The number of amides is 1. The van der Waals surface area contributed by atoms with Gasteiger partial charge in [-0.2, -0.15) is 10.2 Å². The Hall–Kier alpha value is -3.18. The van der Waals surface area contributed by atoms with Gasteiger partial charge in [0.05, 0.1) is 19.3 Å². The number of nitrogens with zero attached hydrogens (tertiary/aromatic N) is 5. The highest BCUT2D eigenvalue weighted by Gasteiger charge is 2.50. The van der Waals surface area contributed by atoms with E-state index in [9.17, 15) is 10.1 Å². The number of carbonyl (C=O) groups is 1. The first-order chi connectivity index (χ1) is 14.5. The van der Waals surface area contributed by atoms with E-state index in [4.69, 9.17) is 4.74 Å². The number of benzene rings is 1. The summed E-state index contributed by atoms with van der Waals surface area (Å²) in [7, 11) is 0. The molecule has 2 aromatic rings. The number of morpholine rings is 1. The minimum Gasteiger partial charge on any atom is -0.378 e. The van der Waals surface area contributed by atoms with Crippen LogP contribution in [0.25, 0.3) is 0 Å². The highest BCUT2D eigenvalue weighted by Crippen LogP contribution is 2.40. The highest BCUT2D eigenvalue weighted by molar-refractivity contribution is 6.01. The minimum absolute atomic E-state index is 0.0515. The van der Waals surface area contributed by atoms with Crippen molar-refractivity contribution in [2.75, 3.05) is 48.0 Å². The predicted molar refractivity (Wildman–Crippen MR) is 115 cm³/mol. The predicted octanol–water partition coefficient (Wildman–Crippen LogP) is 2.96. The summed E-state index contributed by atoms with van der Waals surface area (Å²) in [6.07, 6.45) is 2.14. The Labute approximate surface area is 176 Å². The summed E-state index contributed by atoms with van der Waals surface area (Å²) in [5, 5.41) is 12.8. The number of anilines is 4. The Morgan fingerprint density at radius 1 is 1.17 bits per heavy atom. The summed E-state index contributed by atoms with van der Waals surface area (Å²) in [5.74, 6) is 0.697. The number of aromatic nitrogens is 2. The Kier molecular flexibility index (Phi) is 5.55. The monoisotopic (exact) mass is 406 g/mol. The number of ether oxygens (including phenoxy) is 1. The van der Waals surface area contributed by atoms with E-state index in [-0.39, 0.29) is 11.8 Å². The summed E-state index contributed by atoms with van der Waals surface area (Å²) >= 11 is 0. The fourth-order valence-electron chi connectivity index (χ4n) is 3.99. The molecule has 1 aromatic carbocycles. The van der Waals surface area contributed by atoms with Crippen LogP contribution < -0.4 is 15.1 Å². The van der Waals surface area contributed by atoms with Gasteiger partial charge in [0.2, 0.25) is 11.9 Å². The van der Waals surface area contributed by atoms with Gasteiger partial charge in [-0.1, -0.05) is 13.8 Å². The fourth-order valence-corrected chi connectivity index (χ4v) is 3.99. The van der Waals surface area contributed by atoms with Crippen LogP contribution in [-0.2, 0) is 9.53 Å². The molecule has 8 heteroatoms. The van der Waals surface area contributed by atoms with Gasteiger partial charge in [-0.25, -0.2) is 4.98 Å². The third kappa shape index (κ3) is 3.68. The summed E-state index contributed by atoms with van der Waals surface area (Å²) in [4.78, 5) is 25.7. The molecule has 2 aliphatic heterocycles. The van der Waals surface area contributed by atoms with Crippen LogP contribution in [0.3, 0.4) is 0 Å². The Bertz CT molecular complexity index is 949. The van der Waals surface area contributed by atoms with Crippen molar-refractivity contribution in [1.82, 2.24) is 9.97 Å². The van der Waals surface area contributed by atoms with Crippen LogP contribution >= 0.6 is 0 Å². The molecule has 1 atom stereocenters. The Morgan fingerprint density at radius 2 is 1.90 bits per heavy atom. The number of hydrogen-bond donors (Lipinski definition) is 1. The standard InChI is InChI=1S/C22H26N6O2/c1-16(2)22(15-23)8-10-28(20(22)29)19-7-9-24-21(26-19)25-17-3-5-18(6-4-17)27-11-13-30-14-12-27/h3-7,9,16H,8,10-14H2,1-2H3,(H,24,25,26)/t22-/m0/s1. The summed E-state index contributed by atoms with van der Waals surface area (Å²) in [6.45, 7) is 7.59. The molecule has 1 aromatic heterocycles. The van der Waals surface area contributed by atoms with E-state index in [0.29, 0.717) is 24.7 Å². The lowest BCUT2D eigenvalue weighted by Gasteiger charge is -2.28. The van der Waals surface area contributed by atoms with Gasteiger partial charge in [0.15, 0.2) is 0 Å². The molecule has 0 radical (unpaired) electrons. The molecule has 3 heterocycles. The van der Waals surface area contributed by atoms with Crippen LogP contribution in [0, 0.1) is 22.7 Å². The van der Waals surface area contributed by atoms with E-state index in [0.717, 1.165) is 37.7 Å². The number of nitrogens with one attached hydrogen (secondary N) is 1. The molecule has 0 saturated carbocycles. The zero-order valence-corrected chi connectivity index (χ0v) is 17.3. The van der Waals surface area contributed by atoms with Crippen molar-refractivity contribution >= 4 is 29.0 Å². The van der Waals surface area contributed by atoms with Crippen molar-refractivity contribution in [3.05, 3.63) is 36.5 Å². The second-order valence-electron chi connectivity index (χ2n) is 7.95. The van der Waals surface area contributed by atoms with Crippen molar-refractivity contribution in [3.8, 4) is 6.07 Å². The topological polar surface area (TPSA) is 94.4 Å². The lowest BCUT2D eigenvalue weighted by atomic mass is 9.77. The molecule has 0 unspecified atom stereocenters. The first-order valence-electron chi connectivity index (χ1n) is 10.3. The molecule has 4 rings (SSSR count). The largest absolute Gasteiger partial charge is 0.378 e. The van der Waals surface area contributed by atoms with E-state index in [1.807, 2.05) is 26.0 Å². The van der Waals surface area contributed by atoms with Crippen molar-refractivity contribution in [2.45, 2.75) is 20.3 Å². The van der Waals surface area contributed by atoms with Gasteiger partial charge in [-0.3, -0.25) is 9.69 Å². The average Bonchev–Trinajstić information content (AvgIpc) is 3.12. The summed E-state index contributed by atoms with van der Waals surface area (Å²) in [6, 6.07) is 12.1. The van der Waals surface area contributed by atoms with Gasteiger partial charge >= 0.3 is 0 Å². The van der Waals surface area contributed by atoms with Gasteiger partial charge in [0.1, 0.15) is 11.2 Å². The first-order valence-corrected chi connectivity index (χ1v) is 10.3. The minimum atomic E-state index is -0.978. The van der Waals surface area contributed by atoms with Crippen molar-refractivity contribution in [1.29, 1.82) is 5.26 Å². The molecule has 8 nitrogen and oxygen atoms in total. The number of hydrogen-bond acceptors (Lipinski definition) is 7. The maximum atomic E-state index is 13.0. The lowest BCUT2D eigenvalue weighted by molar-refractivity contribution is -0.124. The van der Waals surface area contributed by atoms with E-state index >= 15 is 0 Å². The highest BCUT2D eigenvalue weighted by atomic mass is 16.5. The fraction of sp³-hybridized carbons (Fsp3) is 0.455. The molecule has 2 saturated heterocycles. The van der Waals surface area contributed by atoms with Crippen LogP contribution in [0.4, 0.5) is 23.1 Å². The summed E-state index contributed by atoms with van der Waals surface area (Å²) in [5.41, 5.74) is 1.04. The van der Waals surface area contributed by atoms with Crippen LogP contribution in [-0.4, -0.2) is 48.7 Å². The van der Waals surface area contributed by atoms with Gasteiger partial charge in [-0.05, 0) is 42.7 Å². The maximum absolute atomic E-state index is 13.0. The summed E-state index contributed by atoms with van der Waals surface area (Å²) < 4.78 is 5.40. The molecule has 0 spiro atoms. The van der Waals surface area contributed by atoms with Crippen molar-refractivity contribution in [3.63, 3.8) is 0 Å². The van der Waals surface area contributed by atoms with Crippen molar-refractivity contribution < 1.29 is 9.53 Å². The normalized spacial score (nSPS) is 21.7.